The third-order valence-corrected chi connectivity index (χ3v) is 5.11. The molecule has 3 rings (SSSR count). The lowest BCUT2D eigenvalue weighted by molar-refractivity contribution is -0.138. The van der Waals surface area contributed by atoms with Gasteiger partial charge in [0.25, 0.3) is 11.8 Å². The van der Waals surface area contributed by atoms with Crippen LogP contribution in [0.5, 0.6) is 5.75 Å². The monoisotopic (exact) mass is 471 g/mol. The number of anilines is 2. The van der Waals surface area contributed by atoms with E-state index in [-0.39, 0.29) is 9.88 Å². The predicted octanol–water partition coefficient (Wildman–Crippen LogP) is 2.52. The summed E-state index contributed by atoms with van der Waals surface area (Å²) in [5.74, 6) is -4.81. The summed E-state index contributed by atoms with van der Waals surface area (Å²) in [7, 11) is 0. The first kappa shape index (κ1) is 22.8. The number of hydrogen-bond acceptors (Lipinski definition) is 9. The summed E-state index contributed by atoms with van der Waals surface area (Å²) in [6.07, 6.45) is -2.21. The molecule has 0 saturated heterocycles. The van der Waals surface area contributed by atoms with Crippen molar-refractivity contribution in [1.82, 2.24) is 25.3 Å². The van der Waals surface area contributed by atoms with Crippen molar-refractivity contribution >= 4 is 34.8 Å². The lowest BCUT2D eigenvalue weighted by Crippen LogP contribution is -2.28. The van der Waals surface area contributed by atoms with Gasteiger partial charge in [0.1, 0.15) is 33.3 Å². The van der Waals surface area contributed by atoms with Crippen LogP contribution in [-0.4, -0.2) is 36.9 Å². The molecule has 10 nitrogen and oxygen atoms in total. The molecule has 0 aliphatic rings. The summed E-state index contributed by atoms with van der Waals surface area (Å²) in [4.78, 5) is 39.0. The van der Waals surface area contributed by atoms with Crippen molar-refractivity contribution in [3.8, 4) is 5.75 Å². The van der Waals surface area contributed by atoms with E-state index in [2.05, 4.69) is 30.6 Å². The lowest BCUT2D eigenvalue weighted by atomic mass is 10.2. The maximum atomic E-state index is 13.9. The first-order valence-electron chi connectivity index (χ1n) is 8.57. The molecular formula is C17H13F4N7O3S. The highest BCUT2D eigenvalue weighted by molar-refractivity contribution is 7.13. The van der Waals surface area contributed by atoms with Crippen LogP contribution < -0.4 is 16.4 Å². The number of nitrogens with zero attached hydrogens (tertiary/aromatic N) is 4. The van der Waals surface area contributed by atoms with Crippen LogP contribution in [0.15, 0.2) is 24.8 Å². The van der Waals surface area contributed by atoms with Crippen LogP contribution in [0.1, 0.15) is 43.7 Å². The highest BCUT2D eigenvalue weighted by Crippen LogP contribution is 2.36. The predicted molar refractivity (Wildman–Crippen MR) is 103 cm³/mol. The summed E-state index contributed by atoms with van der Waals surface area (Å²) in [6, 6.07) is -0.284. The Morgan fingerprint density at radius 3 is 2.56 bits per heavy atom. The molecular weight excluding hydrogens is 458 g/mol. The minimum absolute atomic E-state index is 0.00185. The molecule has 1 unspecified atom stereocenters. The van der Waals surface area contributed by atoms with Gasteiger partial charge in [-0.15, -0.1) is 11.3 Å². The Hall–Kier alpha value is -3.88. The van der Waals surface area contributed by atoms with Crippen LogP contribution in [-0.2, 0) is 6.18 Å². The highest BCUT2D eigenvalue weighted by Gasteiger charge is 2.34. The van der Waals surface area contributed by atoms with E-state index in [1.165, 1.54) is 6.92 Å². The van der Waals surface area contributed by atoms with Crippen LogP contribution >= 0.6 is 11.3 Å². The summed E-state index contributed by atoms with van der Waals surface area (Å²) < 4.78 is 52.5. The molecule has 0 saturated carbocycles. The highest BCUT2D eigenvalue weighted by atomic mass is 32.1. The number of nitrogens with two attached hydrogens (primary N) is 1. The molecule has 0 spiro atoms. The number of carbonyl (C=O) groups excluding carboxylic acids is 2. The number of rotatable bonds is 5. The molecule has 0 aromatic carbocycles. The molecule has 15 heteroatoms. The molecule has 0 aliphatic heterocycles. The molecule has 0 radical (unpaired) electrons. The van der Waals surface area contributed by atoms with Gasteiger partial charge in [-0.05, 0) is 13.0 Å². The minimum Gasteiger partial charge on any atom is -0.506 e. The molecule has 3 aromatic rings. The Morgan fingerprint density at radius 1 is 1.16 bits per heavy atom. The van der Waals surface area contributed by atoms with E-state index in [9.17, 15) is 32.3 Å². The smallest absolute Gasteiger partial charge is 0.420 e. The number of carbonyl (C=O) groups is 2. The Kier molecular flexibility index (Phi) is 6.20. The average Bonchev–Trinajstić information content (AvgIpc) is 3.21. The van der Waals surface area contributed by atoms with Gasteiger partial charge in [0.2, 0.25) is 0 Å². The zero-order valence-corrected chi connectivity index (χ0v) is 16.8. The summed E-state index contributed by atoms with van der Waals surface area (Å²) in [6.45, 7) is 1.51. The summed E-state index contributed by atoms with van der Waals surface area (Å²) in [5.41, 5.74) is 3.37. The van der Waals surface area contributed by atoms with Crippen molar-refractivity contribution in [3.05, 3.63) is 51.7 Å². The normalized spacial score (nSPS) is 12.3. The number of halogens is 4. The molecule has 32 heavy (non-hydrogen) atoms. The van der Waals surface area contributed by atoms with Crippen LogP contribution in [0.3, 0.4) is 0 Å². The minimum atomic E-state index is -4.84. The molecule has 5 N–H and O–H groups in total. The zero-order chi connectivity index (χ0) is 23.6. The van der Waals surface area contributed by atoms with Gasteiger partial charge < -0.3 is 21.5 Å². The number of thiazole rings is 1. The molecule has 0 aliphatic carbocycles. The number of pyridine rings is 1. The van der Waals surface area contributed by atoms with Gasteiger partial charge in [0.15, 0.2) is 17.3 Å². The van der Waals surface area contributed by atoms with Crippen LogP contribution in [0.25, 0.3) is 0 Å². The fourth-order valence-corrected chi connectivity index (χ4v) is 3.20. The van der Waals surface area contributed by atoms with Gasteiger partial charge in [0, 0.05) is 0 Å². The lowest BCUT2D eigenvalue weighted by Gasteiger charge is -2.11. The summed E-state index contributed by atoms with van der Waals surface area (Å²) in [5, 5.41) is 14.2. The number of alkyl halides is 3. The van der Waals surface area contributed by atoms with Gasteiger partial charge in [0.05, 0.1) is 18.4 Å². The van der Waals surface area contributed by atoms with Gasteiger partial charge >= 0.3 is 6.18 Å². The molecule has 3 aromatic heterocycles. The molecule has 2 amide bonds. The summed E-state index contributed by atoms with van der Waals surface area (Å²) >= 11 is 0.837. The van der Waals surface area contributed by atoms with Gasteiger partial charge in [-0.1, -0.05) is 0 Å². The molecule has 168 valence electrons. The quantitative estimate of drug-likeness (QED) is 0.414. The fraction of sp³-hybridized carbons (Fsp3) is 0.176. The van der Waals surface area contributed by atoms with E-state index >= 15 is 0 Å². The Morgan fingerprint density at radius 2 is 1.88 bits per heavy atom. The number of nitrogens with one attached hydrogen (secondary N) is 2. The Balaban J connectivity index is 1.70. The number of amides is 2. The van der Waals surface area contributed by atoms with E-state index in [4.69, 9.17) is 5.73 Å². The van der Waals surface area contributed by atoms with Crippen molar-refractivity contribution in [2.75, 3.05) is 11.1 Å². The van der Waals surface area contributed by atoms with Crippen LogP contribution in [0.2, 0.25) is 0 Å². The molecule has 0 bridgehead atoms. The average molecular weight is 471 g/mol. The van der Waals surface area contributed by atoms with E-state index < -0.39 is 58.5 Å². The topological polar surface area (TPSA) is 156 Å². The van der Waals surface area contributed by atoms with Crippen molar-refractivity contribution in [1.29, 1.82) is 0 Å². The first-order chi connectivity index (χ1) is 15.0. The second kappa shape index (κ2) is 8.70. The largest absolute Gasteiger partial charge is 0.506 e. The third kappa shape index (κ3) is 4.88. The van der Waals surface area contributed by atoms with E-state index in [0.717, 1.165) is 23.9 Å². The number of nitrogen functional groups attached to an aromatic ring is 1. The van der Waals surface area contributed by atoms with Crippen LogP contribution in [0.4, 0.5) is 29.2 Å². The van der Waals surface area contributed by atoms with Gasteiger partial charge in [-0.2, -0.15) is 13.2 Å². The van der Waals surface area contributed by atoms with Crippen molar-refractivity contribution in [2.45, 2.75) is 19.1 Å². The van der Waals surface area contributed by atoms with E-state index in [0.29, 0.717) is 12.3 Å². The first-order valence-corrected chi connectivity index (χ1v) is 9.39. The standard InChI is InChI=1S/C17H13F4N7O3S/c1-6(27-15(31)12-11(18)13(22)26-5-25-12)16-24-4-9(32-16)14(30)28-10-2-7(17(19,20)21)8(29)3-23-10/h2-6,29H,1H3,(H,27,31)(H2,22,25,26)(H,23,28,30). The SMILES string of the molecule is CC(NC(=O)c1ncnc(N)c1F)c1ncc(C(=O)Nc2cc(C(F)(F)F)c(O)cn2)s1. The van der Waals surface area contributed by atoms with Crippen molar-refractivity contribution in [2.24, 2.45) is 0 Å². The van der Waals surface area contributed by atoms with Crippen LogP contribution in [0, 0.1) is 5.82 Å². The van der Waals surface area contributed by atoms with E-state index in [1.807, 2.05) is 0 Å². The van der Waals surface area contributed by atoms with E-state index in [1.54, 1.807) is 0 Å². The zero-order valence-electron chi connectivity index (χ0n) is 15.9. The number of aromatic nitrogens is 4. The molecule has 0 fully saturated rings. The third-order valence-electron chi connectivity index (χ3n) is 3.93. The second-order valence-corrected chi connectivity index (χ2v) is 7.28. The van der Waals surface area contributed by atoms with Crippen molar-refractivity contribution in [3.63, 3.8) is 0 Å². The Labute approximate surface area is 180 Å². The second-order valence-electron chi connectivity index (χ2n) is 6.22. The van der Waals surface area contributed by atoms with Gasteiger partial charge in [-0.3, -0.25) is 9.59 Å². The molecule has 3 heterocycles. The maximum absolute atomic E-state index is 13.9. The molecule has 1 atom stereocenters. The van der Waals surface area contributed by atoms with Crippen molar-refractivity contribution < 1.29 is 32.3 Å². The maximum Gasteiger partial charge on any atom is 0.420 e. The fourth-order valence-electron chi connectivity index (χ4n) is 2.38. The Bertz CT molecular complexity index is 1190. The van der Waals surface area contributed by atoms with Gasteiger partial charge in [-0.25, -0.2) is 24.3 Å². The number of hydrogen-bond donors (Lipinski definition) is 4. The number of aromatic hydroxyl groups is 1.